The number of carbonyl (C=O) groups excluding carboxylic acids is 1. The summed E-state index contributed by atoms with van der Waals surface area (Å²) in [5.41, 5.74) is 2.38. The highest BCUT2D eigenvalue weighted by molar-refractivity contribution is 5.85. The normalized spacial score (nSPS) is 23.9. The number of Topliss-reactive ketones (excluding diaryl/α,β-unsaturated/α-hetero) is 1. The van der Waals surface area contributed by atoms with E-state index < -0.39 is 6.10 Å². The minimum atomic E-state index is -0.584. The van der Waals surface area contributed by atoms with E-state index in [2.05, 4.69) is 50.3 Å². The molecule has 0 aromatic heterocycles. The van der Waals surface area contributed by atoms with E-state index in [1.165, 1.54) is 5.57 Å². The zero-order valence-corrected chi connectivity index (χ0v) is 24.2. The van der Waals surface area contributed by atoms with E-state index in [1.54, 1.807) is 0 Å². The molecule has 36 heavy (non-hydrogen) atoms. The number of carbonyl (C=O) groups is 1. The van der Waals surface area contributed by atoms with Crippen molar-refractivity contribution in [3.8, 4) is 0 Å². The molecular weight excluding hydrogens is 448 g/mol. The molecule has 0 saturated heterocycles. The standard InChI is InChI=1S/C32H52O4/c1-10-25(7)31(33)27(9)32(34)26(8)20-23(5)14-12-15-24(6)21-28(11-2)18-19-29-16-13-17-30(36-29)35-22(3)4/h12-14,17-22,24-27,29-31,33H,10-11,15-16H2,1-9H3/b14-12+,19-18+,23-20+,28-21-/t24-,25+,26-,27+,29-,30-,31-/m1/s1. The molecule has 1 N–H and O–H groups in total. The number of aliphatic hydroxyl groups is 1. The number of ketones is 1. The zero-order chi connectivity index (χ0) is 27.3. The highest BCUT2D eigenvalue weighted by Crippen LogP contribution is 2.22. The summed E-state index contributed by atoms with van der Waals surface area (Å²) in [7, 11) is 0. The quantitative estimate of drug-likeness (QED) is 0.184. The Hall–Kier alpha value is -1.75. The Bertz CT molecular complexity index is 801. The van der Waals surface area contributed by atoms with Crippen molar-refractivity contribution >= 4 is 5.78 Å². The molecule has 7 atom stereocenters. The molecule has 1 rings (SSSR count). The summed E-state index contributed by atoms with van der Waals surface area (Å²) >= 11 is 0. The first kappa shape index (κ1) is 32.3. The Morgan fingerprint density at radius 1 is 1.11 bits per heavy atom. The predicted octanol–water partition coefficient (Wildman–Crippen LogP) is 7.75. The van der Waals surface area contributed by atoms with Crippen LogP contribution >= 0.6 is 0 Å². The fourth-order valence-electron chi connectivity index (χ4n) is 4.34. The molecule has 4 heteroatoms. The first-order chi connectivity index (χ1) is 17.0. The average Bonchev–Trinajstić information content (AvgIpc) is 2.84. The Morgan fingerprint density at radius 3 is 2.42 bits per heavy atom. The third-order valence-electron chi connectivity index (χ3n) is 6.85. The van der Waals surface area contributed by atoms with Crippen molar-refractivity contribution in [2.24, 2.45) is 23.7 Å². The molecule has 0 aliphatic carbocycles. The maximum absolute atomic E-state index is 12.8. The van der Waals surface area contributed by atoms with Gasteiger partial charge in [-0.2, -0.15) is 0 Å². The van der Waals surface area contributed by atoms with Gasteiger partial charge in [0.15, 0.2) is 6.29 Å². The van der Waals surface area contributed by atoms with Crippen LogP contribution in [0.25, 0.3) is 0 Å². The fourth-order valence-corrected chi connectivity index (χ4v) is 4.34. The summed E-state index contributed by atoms with van der Waals surface area (Å²) in [4.78, 5) is 12.8. The number of ether oxygens (including phenoxy) is 2. The summed E-state index contributed by atoms with van der Waals surface area (Å²) in [5.74, 6) is 0.0758. The number of hydrogen-bond donors (Lipinski definition) is 1. The van der Waals surface area contributed by atoms with Gasteiger partial charge in [-0.1, -0.05) is 102 Å². The molecule has 1 heterocycles. The lowest BCUT2D eigenvalue weighted by Gasteiger charge is -2.25. The van der Waals surface area contributed by atoms with Crippen molar-refractivity contribution in [1.82, 2.24) is 0 Å². The van der Waals surface area contributed by atoms with Crippen LogP contribution in [0.2, 0.25) is 0 Å². The van der Waals surface area contributed by atoms with E-state index in [1.807, 2.05) is 60.6 Å². The number of aliphatic hydroxyl groups excluding tert-OH is 1. The molecule has 1 aliphatic rings. The summed E-state index contributed by atoms with van der Waals surface area (Å²) in [6.07, 6.45) is 20.0. The number of hydrogen-bond acceptors (Lipinski definition) is 4. The lowest BCUT2D eigenvalue weighted by molar-refractivity contribution is -0.154. The van der Waals surface area contributed by atoms with E-state index in [0.717, 1.165) is 31.3 Å². The molecule has 0 unspecified atom stereocenters. The lowest BCUT2D eigenvalue weighted by atomic mass is 9.84. The van der Waals surface area contributed by atoms with Crippen LogP contribution in [0.5, 0.6) is 0 Å². The van der Waals surface area contributed by atoms with Gasteiger partial charge >= 0.3 is 0 Å². The van der Waals surface area contributed by atoms with Gasteiger partial charge < -0.3 is 14.6 Å². The predicted molar refractivity (Wildman–Crippen MR) is 152 cm³/mol. The SMILES string of the molecule is CCC(=C/[C@H](C)C/C=C/C(C)=C/[C@@H](C)C(=O)[C@@H](C)[C@H](O)[C@@H](C)CC)/C=C/[C@H]1CC=C[C@H](OC(C)C)O1. The van der Waals surface area contributed by atoms with Crippen LogP contribution in [0.3, 0.4) is 0 Å². The van der Waals surface area contributed by atoms with Gasteiger partial charge in [-0.25, -0.2) is 0 Å². The van der Waals surface area contributed by atoms with Gasteiger partial charge in [0.1, 0.15) is 5.78 Å². The van der Waals surface area contributed by atoms with Crippen molar-refractivity contribution in [3.05, 3.63) is 59.8 Å². The van der Waals surface area contributed by atoms with E-state index in [9.17, 15) is 9.90 Å². The molecule has 0 bridgehead atoms. The van der Waals surface area contributed by atoms with Gasteiger partial charge in [0.2, 0.25) is 0 Å². The van der Waals surface area contributed by atoms with Gasteiger partial charge in [-0.15, -0.1) is 0 Å². The van der Waals surface area contributed by atoms with Crippen molar-refractivity contribution in [3.63, 3.8) is 0 Å². The van der Waals surface area contributed by atoms with Crippen LogP contribution in [0.4, 0.5) is 0 Å². The van der Waals surface area contributed by atoms with Crippen LogP contribution in [-0.2, 0) is 14.3 Å². The average molecular weight is 501 g/mol. The molecule has 1 aliphatic heterocycles. The molecule has 0 amide bonds. The van der Waals surface area contributed by atoms with Crippen LogP contribution in [0.1, 0.15) is 88.0 Å². The van der Waals surface area contributed by atoms with Gasteiger partial charge in [0, 0.05) is 11.8 Å². The minimum Gasteiger partial charge on any atom is -0.392 e. The van der Waals surface area contributed by atoms with E-state index >= 15 is 0 Å². The Morgan fingerprint density at radius 2 is 1.81 bits per heavy atom. The van der Waals surface area contributed by atoms with E-state index in [4.69, 9.17) is 9.47 Å². The van der Waals surface area contributed by atoms with Gasteiger partial charge in [-0.05, 0) is 57.9 Å². The molecule has 0 fully saturated rings. The first-order valence-corrected chi connectivity index (χ1v) is 13.9. The second kappa shape index (κ2) is 16.9. The summed E-state index contributed by atoms with van der Waals surface area (Å²) < 4.78 is 11.8. The third kappa shape index (κ3) is 12.0. The maximum atomic E-state index is 12.8. The molecule has 204 valence electrons. The van der Waals surface area contributed by atoms with Crippen molar-refractivity contribution < 1.29 is 19.4 Å². The monoisotopic (exact) mass is 500 g/mol. The number of rotatable bonds is 15. The van der Waals surface area contributed by atoms with Gasteiger partial charge in [0.05, 0.1) is 18.3 Å². The second-order valence-electron chi connectivity index (χ2n) is 10.7. The van der Waals surface area contributed by atoms with Crippen LogP contribution in [0.15, 0.2) is 59.8 Å². The van der Waals surface area contributed by atoms with Crippen molar-refractivity contribution in [1.29, 1.82) is 0 Å². The van der Waals surface area contributed by atoms with Crippen LogP contribution < -0.4 is 0 Å². The van der Waals surface area contributed by atoms with Crippen molar-refractivity contribution in [2.45, 2.75) is 113 Å². The molecule has 0 saturated carbocycles. The summed E-state index contributed by atoms with van der Waals surface area (Å²) in [6.45, 7) is 18.3. The molecule has 0 radical (unpaired) electrons. The Balaban J connectivity index is 2.63. The van der Waals surface area contributed by atoms with Gasteiger partial charge in [-0.3, -0.25) is 4.79 Å². The van der Waals surface area contributed by atoms with Crippen LogP contribution in [0, 0.1) is 23.7 Å². The van der Waals surface area contributed by atoms with E-state index in [0.29, 0.717) is 5.92 Å². The molecule has 0 aromatic rings. The topological polar surface area (TPSA) is 55.8 Å². The molecule has 0 aromatic carbocycles. The molecular formula is C32H52O4. The fraction of sp³-hybridized carbons (Fsp3) is 0.656. The molecule has 4 nitrogen and oxygen atoms in total. The zero-order valence-electron chi connectivity index (χ0n) is 24.2. The highest BCUT2D eigenvalue weighted by atomic mass is 16.7. The molecule has 0 spiro atoms. The second-order valence-corrected chi connectivity index (χ2v) is 10.7. The minimum absolute atomic E-state index is 0.0374. The Labute approximate surface area is 221 Å². The number of allylic oxidation sites excluding steroid dienone is 7. The third-order valence-corrected chi connectivity index (χ3v) is 6.85. The maximum Gasteiger partial charge on any atom is 0.177 e. The summed E-state index contributed by atoms with van der Waals surface area (Å²) in [5, 5.41) is 10.4. The smallest absolute Gasteiger partial charge is 0.177 e. The first-order valence-electron chi connectivity index (χ1n) is 13.9. The lowest BCUT2D eigenvalue weighted by Crippen LogP contribution is -2.33. The summed E-state index contributed by atoms with van der Waals surface area (Å²) in [6, 6.07) is 0. The van der Waals surface area contributed by atoms with E-state index in [-0.39, 0.29) is 42.0 Å². The van der Waals surface area contributed by atoms with Gasteiger partial charge in [0.25, 0.3) is 0 Å². The van der Waals surface area contributed by atoms with Crippen LogP contribution in [-0.4, -0.2) is 35.5 Å². The Kier molecular flexibility index (Phi) is 15.1. The highest BCUT2D eigenvalue weighted by Gasteiger charge is 2.28. The largest absolute Gasteiger partial charge is 0.392 e. The van der Waals surface area contributed by atoms with Crippen molar-refractivity contribution in [2.75, 3.05) is 0 Å².